The molecule has 30 heavy (non-hydrogen) atoms. The topological polar surface area (TPSA) is 6.48 Å². The minimum absolute atomic E-state index is 0.285. The number of allylic oxidation sites excluding steroid dienone is 2. The largest absolute Gasteiger partial charge is 0.346 e. The SMILES string of the molecule is CC1=C(C2CCCCC2)N(C2CCCC2)C(c2ccccc2)N1c1ccccc1C. The molecule has 2 aromatic rings. The molecule has 0 radical (unpaired) electrons. The van der Waals surface area contributed by atoms with Gasteiger partial charge in [-0.2, -0.15) is 0 Å². The summed E-state index contributed by atoms with van der Waals surface area (Å²) in [6, 6.07) is 20.9. The summed E-state index contributed by atoms with van der Waals surface area (Å²) in [5, 5.41) is 0. The Morgan fingerprint density at radius 1 is 0.700 bits per heavy atom. The first-order valence-corrected chi connectivity index (χ1v) is 12.1. The van der Waals surface area contributed by atoms with E-state index < -0.39 is 0 Å². The summed E-state index contributed by atoms with van der Waals surface area (Å²) in [7, 11) is 0. The van der Waals surface area contributed by atoms with Crippen molar-refractivity contribution in [1.82, 2.24) is 4.90 Å². The molecule has 1 heterocycles. The van der Waals surface area contributed by atoms with Crippen molar-refractivity contribution in [2.45, 2.75) is 83.8 Å². The Kier molecular flexibility index (Phi) is 5.58. The second-order valence-corrected chi connectivity index (χ2v) is 9.59. The summed E-state index contributed by atoms with van der Waals surface area (Å²) >= 11 is 0. The molecule has 2 aliphatic carbocycles. The van der Waals surface area contributed by atoms with Crippen molar-refractivity contribution in [3.8, 4) is 0 Å². The maximum atomic E-state index is 2.89. The van der Waals surface area contributed by atoms with E-state index in [1.54, 1.807) is 5.70 Å². The molecule has 2 heteroatoms. The van der Waals surface area contributed by atoms with Crippen molar-refractivity contribution in [3.05, 3.63) is 77.1 Å². The van der Waals surface area contributed by atoms with Crippen molar-refractivity contribution < 1.29 is 0 Å². The summed E-state index contributed by atoms with van der Waals surface area (Å²) < 4.78 is 0. The van der Waals surface area contributed by atoms with E-state index in [1.807, 2.05) is 0 Å². The van der Waals surface area contributed by atoms with Crippen LogP contribution in [0.25, 0.3) is 0 Å². The lowest BCUT2D eigenvalue weighted by molar-refractivity contribution is 0.174. The molecule has 1 aliphatic heterocycles. The fourth-order valence-corrected chi connectivity index (χ4v) is 6.29. The van der Waals surface area contributed by atoms with Crippen molar-refractivity contribution in [2.75, 3.05) is 4.90 Å². The average molecular weight is 401 g/mol. The molecule has 158 valence electrons. The maximum Gasteiger partial charge on any atom is 0.132 e. The van der Waals surface area contributed by atoms with E-state index in [2.05, 4.69) is 78.2 Å². The summed E-state index contributed by atoms with van der Waals surface area (Å²) in [5.41, 5.74) is 7.33. The Morgan fingerprint density at radius 2 is 1.33 bits per heavy atom. The molecule has 0 saturated heterocycles. The molecular weight excluding hydrogens is 364 g/mol. The molecule has 5 rings (SSSR count). The number of nitrogens with zero attached hydrogens (tertiary/aromatic N) is 2. The lowest BCUT2D eigenvalue weighted by atomic mass is 9.85. The highest BCUT2D eigenvalue weighted by molar-refractivity contribution is 5.62. The van der Waals surface area contributed by atoms with Crippen molar-refractivity contribution >= 4 is 5.69 Å². The van der Waals surface area contributed by atoms with Crippen LogP contribution in [0, 0.1) is 12.8 Å². The third-order valence-corrected chi connectivity index (χ3v) is 7.70. The molecule has 2 nitrogen and oxygen atoms in total. The quantitative estimate of drug-likeness (QED) is 0.522. The molecule has 0 spiro atoms. The molecule has 2 saturated carbocycles. The van der Waals surface area contributed by atoms with Gasteiger partial charge in [-0.1, -0.05) is 80.6 Å². The monoisotopic (exact) mass is 400 g/mol. The number of anilines is 1. The van der Waals surface area contributed by atoms with Gasteiger partial charge in [0.05, 0.1) is 0 Å². The Balaban J connectivity index is 1.67. The predicted octanol–water partition coefficient (Wildman–Crippen LogP) is 7.57. The summed E-state index contributed by atoms with van der Waals surface area (Å²) in [5.74, 6) is 0.722. The first-order chi connectivity index (χ1) is 14.8. The highest BCUT2D eigenvalue weighted by atomic mass is 15.4. The Labute approximate surface area is 182 Å². The lowest BCUT2D eigenvalue weighted by Gasteiger charge is -2.41. The fraction of sp³-hybridized carbons (Fsp3) is 0.500. The summed E-state index contributed by atoms with van der Waals surface area (Å²) in [6.07, 6.45) is 12.6. The molecule has 0 aromatic heterocycles. The van der Waals surface area contributed by atoms with Gasteiger partial charge >= 0.3 is 0 Å². The van der Waals surface area contributed by atoms with Gasteiger partial charge in [0.2, 0.25) is 0 Å². The van der Waals surface area contributed by atoms with Crippen LogP contribution in [0.1, 0.15) is 82.0 Å². The van der Waals surface area contributed by atoms with E-state index >= 15 is 0 Å². The van der Waals surface area contributed by atoms with Gasteiger partial charge in [0, 0.05) is 29.0 Å². The second-order valence-electron chi connectivity index (χ2n) is 9.59. The molecule has 0 bridgehead atoms. The number of hydrogen-bond acceptors (Lipinski definition) is 2. The Morgan fingerprint density at radius 3 is 2.03 bits per heavy atom. The maximum absolute atomic E-state index is 2.89. The zero-order chi connectivity index (χ0) is 20.5. The van der Waals surface area contributed by atoms with Crippen LogP contribution in [0.5, 0.6) is 0 Å². The van der Waals surface area contributed by atoms with Gasteiger partial charge in [-0.3, -0.25) is 0 Å². The molecule has 2 fully saturated rings. The Bertz CT molecular complexity index is 888. The van der Waals surface area contributed by atoms with E-state index in [-0.39, 0.29) is 6.17 Å². The van der Waals surface area contributed by atoms with Crippen LogP contribution < -0.4 is 4.90 Å². The van der Waals surface area contributed by atoms with Crippen LogP contribution in [-0.2, 0) is 0 Å². The zero-order valence-corrected chi connectivity index (χ0v) is 18.7. The van der Waals surface area contributed by atoms with Crippen LogP contribution in [0.3, 0.4) is 0 Å². The number of benzene rings is 2. The zero-order valence-electron chi connectivity index (χ0n) is 18.7. The van der Waals surface area contributed by atoms with Gasteiger partial charge in [-0.15, -0.1) is 0 Å². The number of aryl methyl sites for hydroxylation is 1. The van der Waals surface area contributed by atoms with Gasteiger partial charge in [0.15, 0.2) is 0 Å². The standard InChI is InChI=1S/C28H36N2/c1-21-13-9-12-20-26(21)29-22(2)27(23-14-5-3-6-15-23)30(25-18-10-11-19-25)28(29)24-16-7-4-8-17-24/h4,7-9,12-13,16-17,20,23,25,28H,3,5-6,10-11,14-15,18-19H2,1-2H3. The van der Waals surface area contributed by atoms with Crippen molar-refractivity contribution in [3.63, 3.8) is 0 Å². The minimum Gasteiger partial charge on any atom is -0.346 e. The predicted molar refractivity (Wildman–Crippen MR) is 126 cm³/mol. The van der Waals surface area contributed by atoms with E-state index in [0.29, 0.717) is 6.04 Å². The number of para-hydroxylation sites is 1. The molecular formula is C28H36N2. The molecule has 3 aliphatic rings. The second kappa shape index (κ2) is 8.49. The molecule has 2 aromatic carbocycles. The highest BCUT2D eigenvalue weighted by Gasteiger charge is 2.44. The van der Waals surface area contributed by atoms with E-state index in [9.17, 15) is 0 Å². The highest BCUT2D eigenvalue weighted by Crippen LogP contribution is 2.50. The van der Waals surface area contributed by atoms with Crippen LogP contribution in [-0.4, -0.2) is 10.9 Å². The third kappa shape index (κ3) is 3.45. The van der Waals surface area contributed by atoms with Crippen LogP contribution in [0.4, 0.5) is 5.69 Å². The third-order valence-electron chi connectivity index (χ3n) is 7.70. The van der Waals surface area contributed by atoms with Gasteiger partial charge in [-0.25, -0.2) is 0 Å². The van der Waals surface area contributed by atoms with E-state index in [0.717, 1.165) is 5.92 Å². The average Bonchev–Trinajstić information content (AvgIpc) is 3.41. The normalized spacial score (nSPS) is 23.6. The molecule has 1 unspecified atom stereocenters. The summed E-state index contributed by atoms with van der Waals surface area (Å²) in [6.45, 7) is 4.67. The van der Waals surface area contributed by atoms with Crippen LogP contribution in [0.2, 0.25) is 0 Å². The van der Waals surface area contributed by atoms with Gasteiger partial charge in [0.1, 0.15) is 6.17 Å². The first-order valence-electron chi connectivity index (χ1n) is 12.1. The summed E-state index contributed by atoms with van der Waals surface area (Å²) in [4.78, 5) is 5.56. The van der Waals surface area contributed by atoms with Gasteiger partial charge in [-0.05, 0) is 56.7 Å². The van der Waals surface area contributed by atoms with Crippen LogP contribution in [0.15, 0.2) is 66.0 Å². The molecule has 0 N–H and O–H groups in total. The van der Waals surface area contributed by atoms with Crippen LogP contribution >= 0.6 is 0 Å². The van der Waals surface area contributed by atoms with E-state index in [1.165, 1.54) is 80.3 Å². The number of hydrogen-bond donors (Lipinski definition) is 0. The van der Waals surface area contributed by atoms with Gasteiger partial charge in [0.25, 0.3) is 0 Å². The fourth-order valence-electron chi connectivity index (χ4n) is 6.29. The molecule has 1 atom stereocenters. The lowest BCUT2D eigenvalue weighted by Crippen LogP contribution is -2.40. The first kappa shape index (κ1) is 19.7. The number of rotatable bonds is 4. The van der Waals surface area contributed by atoms with E-state index in [4.69, 9.17) is 0 Å². The molecule has 0 amide bonds. The van der Waals surface area contributed by atoms with Crippen molar-refractivity contribution in [2.24, 2.45) is 5.92 Å². The minimum atomic E-state index is 0.285. The Hall–Kier alpha value is -2.22. The smallest absolute Gasteiger partial charge is 0.132 e. The van der Waals surface area contributed by atoms with Crippen molar-refractivity contribution in [1.29, 1.82) is 0 Å². The van der Waals surface area contributed by atoms with Gasteiger partial charge < -0.3 is 9.80 Å².